The van der Waals surface area contributed by atoms with Crippen LogP contribution in [0, 0.1) is 5.41 Å². The molecule has 0 unspecified atom stereocenters. The minimum absolute atomic E-state index is 0.0375. The molecular formula is C14H21NO2. The smallest absolute Gasteiger partial charge is 0.225 e. The van der Waals surface area contributed by atoms with E-state index in [4.69, 9.17) is 4.74 Å². The summed E-state index contributed by atoms with van der Waals surface area (Å²) >= 11 is 0. The predicted octanol–water partition coefficient (Wildman–Crippen LogP) is 2.54. The van der Waals surface area contributed by atoms with Crippen LogP contribution in [0.5, 0.6) is 0 Å². The molecule has 3 nitrogen and oxygen atoms in total. The molecule has 0 saturated carbocycles. The summed E-state index contributed by atoms with van der Waals surface area (Å²) in [5.41, 5.74) is 0.707. The number of hydrogen-bond donors (Lipinski definition) is 1. The summed E-state index contributed by atoms with van der Waals surface area (Å²) < 4.78 is 5.38. The van der Waals surface area contributed by atoms with E-state index in [1.807, 2.05) is 51.1 Å². The third-order valence-electron chi connectivity index (χ3n) is 2.59. The second kappa shape index (κ2) is 5.82. The molecule has 1 N–H and O–H groups in total. The Hall–Kier alpha value is -1.35. The van der Waals surface area contributed by atoms with E-state index in [0.29, 0.717) is 6.54 Å². The van der Waals surface area contributed by atoms with Gasteiger partial charge in [-0.1, -0.05) is 51.1 Å². The largest absolute Gasteiger partial charge is 0.375 e. The van der Waals surface area contributed by atoms with Crippen LogP contribution in [-0.4, -0.2) is 19.6 Å². The maximum Gasteiger partial charge on any atom is 0.225 e. The standard InChI is InChI=1S/C14H21NO2/c1-14(2,3)13(16)15-10-12(17-4)11-8-6-5-7-9-11/h5-9,12H,10H2,1-4H3,(H,15,16)/t12-/m1/s1. The number of carbonyl (C=O) groups is 1. The number of hydrogen-bond acceptors (Lipinski definition) is 2. The molecule has 0 fully saturated rings. The maximum absolute atomic E-state index is 11.7. The fourth-order valence-electron chi connectivity index (χ4n) is 1.46. The number of carbonyl (C=O) groups excluding carboxylic acids is 1. The van der Waals surface area contributed by atoms with Crippen LogP contribution in [0.25, 0.3) is 0 Å². The van der Waals surface area contributed by atoms with Gasteiger partial charge in [0, 0.05) is 19.1 Å². The van der Waals surface area contributed by atoms with Gasteiger partial charge >= 0.3 is 0 Å². The van der Waals surface area contributed by atoms with Gasteiger partial charge < -0.3 is 10.1 Å². The highest BCUT2D eigenvalue weighted by atomic mass is 16.5. The first-order valence-electron chi connectivity index (χ1n) is 5.81. The van der Waals surface area contributed by atoms with Crippen LogP contribution in [0.3, 0.4) is 0 Å². The van der Waals surface area contributed by atoms with Crippen molar-refractivity contribution in [3.05, 3.63) is 35.9 Å². The first kappa shape index (κ1) is 13.7. The van der Waals surface area contributed by atoms with Gasteiger partial charge in [-0.15, -0.1) is 0 Å². The van der Waals surface area contributed by atoms with Crippen molar-refractivity contribution in [1.29, 1.82) is 0 Å². The Kier molecular flexibility index (Phi) is 4.70. The molecule has 0 bridgehead atoms. The van der Waals surface area contributed by atoms with Crippen molar-refractivity contribution in [3.63, 3.8) is 0 Å². The highest BCUT2D eigenvalue weighted by molar-refractivity contribution is 5.81. The number of ether oxygens (including phenoxy) is 1. The Balaban J connectivity index is 2.58. The molecule has 0 aliphatic rings. The fraction of sp³-hybridized carbons (Fsp3) is 0.500. The van der Waals surface area contributed by atoms with Gasteiger partial charge in [-0.25, -0.2) is 0 Å². The zero-order valence-corrected chi connectivity index (χ0v) is 11.0. The lowest BCUT2D eigenvalue weighted by Gasteiger charge is -2.21. The lowest BCUT2D eigenvalue weighted by Crippen LogP contribution is -2.37. The van der Waals surface area contributed by atoms with Gasteiger partial charge in [0.2, 0.25) is 5.91 Å². The molecule has 0 heterocycles. The van der Waals surface area contributed by atoms with Crippen LogP contribution in [-0.2, 0) is 9.53 Å². The fourth-order valence-corrected chi connectivity index (χ4v) is 1.46. The summed E-state index contributed by atoms with van der Waals surface area (Å²) in [6.45, 7) is 6.18. The molecule has 1 aromatic carbocycles. The minimum atomic E-state index is -0.366. The Morgan fingerprint density at radius 1 is 1.29 bits per heavy atom. The van der Waals surface area contributed by atoms with Crippen molar-refractivity contribution in [2.24, 2.45) is 5.41 Å². The van der Waals surface area contributed by atoms with Crippen molar-refractivity contribution in [3.8, 4) is 0 Å². The van der Waals surface area contributed by atoms with Gasteiger partial charge in [0.1, 0.15) is 0 Å². The summed E-state index contributed by atoms with van der Waals surface area (Å²) in [7, 11) is 1.65. The predicted molar refractivity (Wildman–Crippen MR) is 68.7 cm³/mol. The molecule has 1 amide bonds. The molecule has 1 atom stereocenters. The van der Waals surface area contributed by atoms with Gasteiger partial charge in [0.05, 0.1) is 6.10 Å². The van der Waals surface area contributed by atoms with Gasteiger partial charge in [-0.2, -0.15) is 0 Å². The van der Waals surface area contributed by atoms with E-state index in [1.165, 1.54) is 0 Å². The van der Waals surface area contributed by atoms with E-state index in [0.717, 1.165) is 5.56 Å². The van der Waals surface area contributed by atoms with Crippen LogP contribution in [0.4, 0.5) is 0 Å². The van der Waals surface area contributed by atoms with Crippen LogP contribution in [0.1, 0.15) is 32.4 Å². The Morgan fingerprint density at radius 3 is 2.35 bits per heavy atom. The van der Waals surface area contributed by atoms with E-state index in [1.54, 1.807) is 7.11 Å². The van der Waals surface area contributed by atoms with Crippen LogP contribution in [0.2, 0.25) is 0 Å². The molecule has 0 aliphatic heterocycles. The van der Waals surface area contributed by atoms with Crippen molar-refractivity contribution >= 4 is 5.91 Å². The summed E-state index contributed by atoms with van der Waals surface area (Å²) in [6, 6.07) is 9.89. The van der Waals surface area contributed by atoms with Crippen LogP contribution < -0.4 is 5.32 Å². The molecule has 0 radical (unpaired) electrons. The number of rotatable bonds is 4. The molecule has 0 spiro atoms. The average molecular weight is 235 g/mol. The first-order chi connectivity index (χ1) is 7.95. The zero-order chi connectivity index (χ0) is 12.9. The van der Waals surface area contributed by atoms with Crippen LogP contribution in [0.15, 0.2) is 30.3 Å². The van der Waals surface area contributed by atoms with Crippen molar-refractivity contribution < 1.29 is 9.53 Å². The minimum Gasteiger partial charge on any atom is -0.375 e. The molecule has 94 valence electrons. The Bertz CT molecular complexity index is 354. The first-order valence-corrected chi connectivity index (χ1v) is 5.81. The van der Waals surface area contributed by atoms with E-state index in [9.17, 15) is 4.79 Å². The lowest BCUT2D eigenvalue weighted by atomic mass is 9.95. The molecule has 3 heteroatoms. The topological polar surface area (TPSA) is 38.3 Å². The van der Waals surface area contributed by atoms with Crippen molar-refractivity contribution in [1.82, 2.24) is 5.32 Å². The monoisotopic (exact) mass is 235 g/mol. The van der Waals surface area contributed by atoms with Crippen molar-refractivity contribution in [2.45, 2.75) is 26.9 Å². The summed E-state index contributed by atoms with van der Waals surface area (Å²) in [4.78, 5) is 11.7. The van der Waals surface area contributed by atoms with E-state index >= 15 is 0 Å². The molecule has 17 heavy (non-hydrogen) atoms. The quantitative estimate of drug-likeness (QED) is 0.871. The molecule has 0 saturated heterocycles. The summed E-state index contributed by atoms with van der Waals surface area (Å²) in [5.74, 6) is 0.0375. The summed E-state index contributed by atoms with van der Waals surface area (Å²) in [5, 5.41) is 2.91. The SMILES string of the molecule is CO[C@H](CNC(=O)C(C)(C)C)c1ccccc1. The number of methoxy groups -OCH3 is 1. The zero-order valence-electron chi connectivity index (χ0n) is 11.0. The molecule has 1 aromatic rings. The van der Waals surface area contributed by atoms with Gasteiger partial charge in [0.15, 0.2) is 0 Å². The molecule has 0 aromatic heterocycles. The Labute approximate surface area is 103 Å². The second-order valence-electron chi connectivity index (χ2n) is 5.10. The normalized spacial score (nSPS) is 13.2. The highest BCUT2D eigenvalue weighted by Gasteiger charge is 2.22. The molecular weight excluding hydrogens is 214 g/mol. The lowest BCUT2D eigenvalue weighted by molar-refractivity contribution is -0.129. The van der Waals surface area contributed by atoms with E-state index < -0.39 is 0 Å². The Morgan fingerprint density at radius 2 is 1.88 bits per heavy atom. The van der Waals surface area contributed by atoms with E-state index in [-0.39, 0.29) is 17.4 Å². The average Bonchev–Trinajstić information content (AvgIpc) is 2.29. The number of benzene rings is 1. The van der Waals surface area contributed by atoms with E-state index in [2.05, 4.69) is 5.32 Å². The van der Waals surface area contributed by atoms with Gasteiger partial charge in [-0.05, 0) is 5.56 Å². The van der Waals surface area contributed by atoms with Crippen molar-refractivity contribution in [2.75, 3.05) is 13.7 Å². The highest BCUT2D eigenvalue weighted by Crippen LogP contribution is 2.17. The van der Waals surface area contributed by atoms with Gasteiger partial charge in [0.25, 0.3) is 0 Å². The van der Waals surface area contributed by atoms with Crippen LogP contribution >= 0.6 is 0 Å². The second-order valence-corrected chi connectivity index (χ2v) is 5.10. The number of nitrogens with one attached hydrogen (secondary N) is 1. The summed E-state index contributed by atoms with van der Waals surface area (Å²) in [6.07, 6.45) is -0.0949. The molecule has 1 rings (SSSR count). The third kappa shape index (κ3) is 4.19. The number of amides is 1. The van der Waals surface area contributed by atoms with Gasteiger partial charge in [-0.3, -0.25) is 4.79 Å². The molecule has 0 aliphatic carbocycles. The third-order valence-corrected chi connectivity index (χ3v) is 2.59. The maximum atomic E-state index is 11.7.